The van der Waals surface area contributed by atoms with Crippen LogP contribution in [-0.2, 0) is 22.7 Å². The lowest BCUT2D eigenvalue weighted by molar-refractivity contribution is 0.0337. The largest absolute Gasteiger partial charge is 0.379 e. The zero-order valence-electron chi connectivity index (χ0n) is 8.13. The summed E-state index contributed by atoms with van der Waals surface area (Å²) in [4.78, 5) is 6.14. The van der Waals surface area contributed by atoms with E-state index in [-0.39, 0.29) is 0 Å². The van der Waals surface area contributed by atoms with Gasteiger partial charge in [-0.25, -0.2) is 8.96 Å². The number of aromatic nitrogens is 2. The highest BCUT2D eigenvalue weighted by Crippen LogP contribution is 2.05. The van der Waals surface area contributed by atoms with Gasteiger partial charge >= 0.3 is 11.4 Å². The molecule has 1 saturated heterocycles. The zero-order chi connectivity index (χ0) is 10.7. The Morgan fingerprint density at radius 2 is 2.27 bits per heavy atom. The first-order valence-corrected chi connectivity index (χ1v) is 5.68. The van der Waals surface area contributed by atoms with E-state index < -0.39 is 11.4 Å². The van der Waals surface area contributed by atoms with Crippen LogP contribution < -0.4 is 0 Å². The van der Waals surface area contributed by atoms with Crippen molar-refractivity contribution in [3.63, 3.8) is 0 Å². The van der Waals surface area contributed by atoms with Gasteiger partial charge in [-0.05, 0) is 0 Å². The van der Waals surface area contributed by atoms with E-state index in [0.29, 0.717) is 6.54 Å². The highest BCUT2D eigenvalue weighted by atomic mass is 32.2. The maximum atomic E-state index is 12.4. The van der Waals surface area contributed by atoms with Gasteiger partial charge in [-0.2, -0.15) is 4.21 Å². The van der Waals surface area contributed by atoms with Crippen LogP contribution in [0.5, 0.6) is 0 Å². The van der Waals surface area contributed by atoms with E-state index in [9.17, 15) is 8.09 Å². The molecule has 1 aliphatic rings. The van der Waals surface area contributed by atoms with Crippen molar-refractivity contribution in [3.8, 4) is 0 Å². The average Bonchev–Trinajstić information content (AvgIpc) is 2.68. The van der Waals surface area contributed by atoms with Gasteiger partial charge in [0.05, 0.1) is 18.9 Å². The topological polar surface area (TPSA) is 47.4 Å². The molecular formula is C8H12FN3O2S. The predicted molar refractivity (Wildman–Crippen MR) is 53.0 cm³/mol. The van der Waals surface area contributed by atoms with E-state index in [1.807, 2.05) is 0 Å². The fourth-order valence-electron chi connectivity index (χ4n) is 1.49. The van der Waals surface area contributed by atoms with Gasteiger partial charge in [-0.3, -0.25) is 4.90 Å². The normalized spacial score (nSPS) is 20.3. The lowest BCUT2D eigenvalue weighted by atomic mass is 10.3. The standard InChI is InChI=1S/C8H12FN3O2S/c9-15(13)12-6-8(10-7-12)5-11-1-3-14-4-2-11/h6-7H,1-5H2. The molecule has 1 atom stereocenters. The second kappa shape index (κ2) is 4.82. The summed E-state index contributed by atoms with van der Waals surface area (Å²) in [6, 6.07) is 0. The summed E-state index contributed by atoms with van der Waals surface area (Å²) >= 11 is -2.50. The molecule has 0 spiro atoms. The van der Waals surface area contributed by atoms with Crippen molar-refractivity contribution in [1.82, 2.24) is 13.9 Å². The number of halogens is 1. The molecule has 7 heteroatoms. The Morgan fingerprint density at radius 3 is 2.87 bits per heavy atom. The molecule has 2 rings (SSSR count). The summed E-state index contributed by atoms with van der Waals surface area (Å²) in [6.45, 7) is 3.79. The van der Waals surface area contributed by atoms with Gasteiger partial charge in [-0.15, -0.1) is 3.89 Å². The maximum absolute atomic E-state index is 12.4. The fourth-order valence-corrected chi connectivity index (χ4v) is 1.82. The van der Waals surface area contributed by atoms with Crippen molar-refractivity contribution in [1.29, 1.82) is 0 Å². The number of hydrogen-bond donors (Lipinski definition) is 0. The van der Waals surface area contributed by atoms with Crippen LogP contribution in [-0.4, -0.2) is 44.4 Å². The third kappa shape index (κ3) is 2.83. The van der Waals surface area contributed by atoms with Gasteiger partial charge in [-0.1, -0.05) is 0 Å². The first-order valence-electron chi connectivity index (χ1n) is 4.67. The Labute approximate surface area is 89.7 Å². The molecule has 0 saturated carbocycles. The van der Waals surface area contributed by atoms with Crippen molar-refractivity contribution >= 4 is 11.4 Å². The molecule has 1 aromatic rings. The Kier molecular flexibility index (Phi) is 3.45. The van der Waals surface area contributed by atoms with E-state index in [4.69, 9.17) is 4.74 Å². The minimum absolute atomic E-state index is 0.646. The summed E-state index contributed by atoms with van der Waals surface area (Å²) in [6.07, 6.45) is 2.71. The van der Waals surface area contributed by atoms with Crippen LogP contribution in [0.15, 0.2) is 12.5 Å². The summed E-state index contributed by atoms with van der Waals surface area (Å²) in [5, 5.41) is 0. The van der Waals surface area contributed by atoms with E-state index in [1.54, 1.807) is 0 Å². The third-order valence-electron chi connectivity index (χ3n) is 2.27. The lowest BCUT2D eigenvalue weighted by Crippen LogP contribution is -2.35. The zero-order valence-corrected chi connectivity index (χ0v) is 8.95. The van der Waals surface area contributed by atoms with Crippen molar-refractivity contribution in [2.45, 2.75) is 6.54 Å². The molecule has 0 radical (unpaired) electrons. The molecule has 2 heterocycles. The lowest BCUT2D eigenvalue weighted by Gasteiger charge is -2.25. The number of ether oxygens (including phenoxy) is 1. The molecule has 1 unspecified atom stereocenters. The van der Waals surface area contributed by atoms with Crippen LogP contribution >= 0.6 is 0 Å². The number of hydrogen-bond acceptors (Lipinski definition) is 4. The Bertz CT molecular complexity index is 351. The van der Waals surface area contributed by atoms with E-state index >= 15 is 0 Å². The van der Waals surface area contributed by atoms with Crippen molar-refractivity contribution in [2.75, 3.05) is 26.3 Å². The van der Waals surface area contributed by atoms with Crippen LogP contribution in [0.25, 0.3) is 0 Å². The van der Waals surface area contributed by atoms with Crippen molar-refractivity contribution in [3.05, 3.63) is 18.2 Å². The number of nitrogens with zero attached hydrogens (tertiary/aromatic N) is 3. The highest BCUT2D eigenvalue weighted by Gasteiger charge is 2.12. The summed E-state index contributed by atoms with van der Waals surface area (Å²) < 4.78 is 29.0. The van der Waals surface area contributed by atoms with Crippen LogP contribution in [0.2, 0.25) is 0 Å². The Balaban J connectivity index is 1.94. The molecule has 1 aliphatic heterocycles. The Morgan fingerprint density at radius 1 is 1.53 bits per heavy atom. The smallest absolute Gasteiger partial charge is 0.309 e. The molecule has 15 heavy (non-hydrogen) atoms. The summed E-state index contributed by atoms with van der Waals surface area (Å²) in [5.41, 5.74) is 0.725. The first-order chi connectivity index (χ1) is 7.25. The Hall–Kier alpha value is -0.790. The summed E-state index contributed by atoms with van der Waals surface area (Å²) in [7, 11) is 0. The van der Waals surface area contributed by atoms with Gasteiger partial charge in [0.1, 0.15) is 6.33 Å². The number of imidazole rings is 1. The second-order valence-electron chi connectivity index (χ2n) is 3.32. The number of rotatable bonds is 3. The van der Waals surface area contributed by atoms with Crippen molar-refractivity contribution < 1.29 is 12.8 Å². The van der Waals surface area contributed by atoms with Gasteiger partial charge in [0.25, 0.3) is 0 Å². The molecule has 1 aromatic heterocycles. The van der Waals surface area contributed by atoms with E-state index in [1.165, 1.54) is 12.5 Å². The molecule has 0 aliphatic carbocycles. The molecule has 84 valence electrons. The molecule has 1 fully saturated rings. The highest BCUT2D eigenvalue weighted by molar-refractivity contribution is 7.78. The van der Waals surface area contributed by atoms with E-state index in [0.717, 1.165) is 36.0 Å². The minimum Gasteiger partial charge on any atom is -0.379 e. The van der Waals surface area contributed by atoms with Crippen molar-refractivity contribution in [2.24, 2.45) is 0 Å². The summed E-state index contributed by atoms with van der Waals surface area (Å²) in [5.74, 6) is 0. The molecule has 0 aromatic carbocycles. The fraction of sp³-hybridized carbons (Fsp3) is 0.625. The van der Waals surface area contributed by atoms with Gasteiger partial charge < -0.3 is 4.74 Å². The van der Waals surface area contributed by atoms with Gasteiger partial charge in [0.2, 0.25) is 0 Å². The number of morpholine rings is 1. The third-order valence-corrected chi connectivity index (χ3v) is 2.80. The van der Waals surface area contributed by atoms with E-state index in [2.05, 4.69) is 9.88 Å². The maximum Gasteiger partial charge on any atom is 0.309 e. The van der Waals surface area contributed by atoms with Crippen LogP contribution in [0, 0.1) is 0 Å². The SMILES string of the molecule is O=S(F)n1cnc(CN2CCOCC2)c1. The molecule has 0 N–H and O–H groups in total. The molecule has 0 amide bonds. The second-order valence-corrected chi connectivity index (χ2v) is 4.15. The molecule has 5 nitrogen and oxygen atoms in total. The average molecular weight is 233 g/mol. The van der Waals surface area contributed by atoms with Crippen LogP contribution in [0.1, 0.15) is 5.69 Å². The van der Waals surface area contributed by atoms with Gasteiger partial charge in [0, 0.05) is 25.8 Å². The van der Waals surface area contributed by atoms with Crippen LogP contribution in [0.3, 0.4) is 0 Å². The molecule has 0 bridgehead atoms. The van der Waals surface area contributed by atoms with Gasteiger partial charge in [0.15, 0.2) is 0 Å². The molecular weight excluding hydrogens is 221 g/mol. The monoisotopic (exact) mass is 233 g/mol. The quantitative estimate of drug-likeness (QED) is 0.695. The first kappa shape index (κ1) is 10.7. The minimum atomic E-state index is -2.50. The predicted octanol–water partition coefficient (Wildman–Crippen LogP) is 0.112. The van der Waals surface area contributed by atoms with Crippen LogP contribution in [0.4, 0.5) is 3.89 Å².